The minimum Gasteiger partial charge on any atom is -0.370 e. The third kappa shape index (κ3) is 2.80. The number of hydrogen-bond acceptors (Lipinski definition) is 5. The fraction of sp³-hybridized carbons (Fsp3) is 0.625. The molecule has 0 atom stereocenters. The van der Waals surface area contributed by atoms with Gasteiger partial charge in [-0.15, -0.1) is 0 Å². The second-order valence-electron chi connectivity index (χ2n) is 6.27. The molecule has 0 bridgehead atoms. The quantitative estimate of drug-likeness (QED) is 0.912. The third-order valence-electron chi connectivity index (χ3n) is 4.60. The molecule has 6 nitrogen and oxygen atoms in total. The lowest BCUT2D eigenvalue weighted by atomic mass is 10.0. The minimum atomic E-state index is -0.370. The van der Waals surface area contributed by atoms with Gasteiger partial charge in [0.2, 0.25) is 0 Å². The molecule has 1 saturated carbocycles. The molecular weight excluding hydrogens is 282 g/mol. The topological polar surface area (TPSA) is 63.7 Å². The predicted octanol–water partition coefficient (Wildman–Crippen LogP) is 1.32. The first-order valence-corrected chi connectivity index (χ1v) is 8.03. The molecule has 3 aliphatic rings. The Bertz CT molecular complexity index is 558. The summed E-state index contributed by atoms with van der Waals surface area (Å²) in [6, 6.07) is 2.29. The first-order valence-electron chi connectivity index (χ1n) is 8.03. The molecule has 3 heterocycles. The third-order valence-corrected chi connectivity index (χ3v) is 4.60. The van der Waals surface area contributed by atoms with E-state index in [-0.39, 0.29) is 11.7 Å². The molecule has 4 rings (SSSR count). The zero-order chi connectivity index (χ0) is 15.0. The molecule has 0 aromatic carbocycles. The average molecular weight is 303 g/mol. The molecule has 2 aliphatic heterocycles. The van der Waals surface area contributed by atoms with Gasteiger partial charge in [-0.1, -0.05) is 0 Å². The highest BCUT2D eigenvalue weighted by molar-refractivity contribution is 5.95. The molecule has 22 heavy (non-hydrogen) atoms. The van der Waals surface area contributed by atoms with Crippen LogP contribution in [0.2, 0.25) is 0 Å². The van der Waals surface area contributed by atoms with E-state index in [0.717, 1.165) is 44.5 Å². The summed E-state index contributed by atoms with van der Waals surface area (Å²) in [5.41, 5.74) is 1.63. The molecule has 3 fully saturated rings. The van der Waals surface area contributed by atoms with Crippen LogP contribution in [0.25, 0.3) is 0 Å². The summed E-state index contributed by atoms with van der Waals surface area (Å²) in [4.78, 5) is 18.6. The molecule has 1 N–H and O–H groups in total. The van der Waals surface area contributed by atoms with E-state index in [9.17, 15) is 4.79 Å². The maximum atomic E-state index is 12.1. The lowest BCUT2D eigenvalue weighted by Gasteiger charge is -2.38. The van der Waals surface area contributed by atoms with Gasteiger partial charge in [0, 0.05) is 38.2 Å². The van der Waals surface area contributed by atoms with Crippen molar-refractivity contribution in [3.63, 3.8) is 0 Å². The Kier molecular flexibility index (Phi) is 3.50. The normalized spacial score (nSPS) is 23.7. The number of amides is 1. The molecule has 2 saturated heterocycles. The predicted molar refractivity (Wildman–Crippen MR) is 80.8 cm³/mol. The number of carbonyl (C=O) groups excluding carboxylic acids is 1. The second-order valence-corrected chi connectivity index (χ2v) is 6.27. The lowest BCUT2D eigenvalue weighted by molar-refractivity contribution is -0.169. The minimum absolute atomic E-state index is 0.0206. The standard InChI is InChI=1S/C16H21N3O3/c20-15(18-13-1-2-13)12-9-14(11-17-10-12)19-5-3-16(4-6-19)21-7-8-22-16/h9-11,13H,1-8H2,(H,18,20). The van der Waals surface area contributed by atoms with Crippen LogP contribution in [-0.4, -0.2) is 49.0 Å². The van der Waals surface area contributed by atoms with Crippen LogP contribution in [0.5, 0.6) is 0 Å². The van der Waals surface area contributed by atoms with Gasteiger partial charge in [0.1, 0.15) is 0 Å². The van der Waals surface area contributed by atoms with E-state index in [0.29, 0.717) is 24.8 Å². The summed E-state index contributed by atoms with van der Waals surface area (Å²) in [5.74, 6) is -0.391. The van der Waals surface area contributed by atoms with Crippen LogP contribution in [0.4, 0.5) is 5.69 Å². The molecule has 0 radical (unpaired) electrons. The van der Waals surface area contributed by atoms with Crippen LogP contribution in [0, 0.1) is 0 Å². The van der Waals surface area contributed by atoms with E-state index < -0.39 is 0 Å². The number of rotatable bonds is 3. The van der Waals surface area contributed by atoms with Crippen LogP contribution < -0.4 is 10.2 Å². The number of hydrogen-bond donors (Lipinski definition) is 1. The van der Waals surface area contributed by atoms with E-state index in [1.54, 1.807) is 6.20 Å². The van der Waals surface area contributed by atoms with Crippen LogP contribution in [0.3, 0.4) is 0 Å². The summed E-state index contributed by atoms with van der Waals surface area (Å²) in [6.07, 6.45) is 7.34. The zero-order valence-corrected chi connectivity index (χ0v) is 12.6. The molecule has 1 aliphatic carbocycles. The maximum Gasteiger partial charge on any atom is 0.253 e. The van der Waals surface area contributed by atoms with Crippen molar-refractivity contribution < 1.29 is 14.3 Å². The maximum absolute atomic E-state index is 12.1. The van der Waals surface area contributed by atoms with E-state index >= 15 is 0 Å². The number of pyridine rings is 1. The van der Waals surface area contributed by atoms with E-state index in [1.165, 1.54) is 0 Å². The van der Waals surface area contributed by atoms with E-state index in [2.05, 4.69) is 15.2 Å². The van der Waals surface area contributed by atoms with Crippen molar-refractivity contribution in [1.82, 2.24) is 10.3 Å². The SMILES string of the molecule is O=C(NC1CC1)c1cncc(N2CCC3(CC2)OCCO3)c1. The Morgan fingerprint density at radius 1 is 1.23 bits per heavy atom. The van der Waals surface area contributed by atoms with Gasteiger partial charge in [-0.2, -0.15) is 0 Å². The highest BCUT2D eigenvalue weighted by Gasteiger charge is 2.39. The summed E-state index contributed by atoms with van der Waals surface area (Å²) < 4.78 is 11.5. The van der Waals surface area contributed by atoms with Gasteiger partial charge in [0.25, 0.3) is 5.91 Å². The molecule has 0 unspecified atom stereocenters. The Labute approximate surface area is 129 Å². The second kappa shape index (κ2) is 5.52. The number of aromatic nitrogens is 1. The smallest absolute Gasteiger partial charge is 0.253 e. The summed E-state index contributed by atoms with van der Waals surface area (Å²) in [5, 5.41) is 3.00. The van der Waals surface area contributed by atoms with Crippen LogP contribution in [0.1, 0.15) is 36.0 Å². The molecule has 6 heteroatoms. The molecule has 118 valence electrons. The number of nitrogens with one attached hydrogen (secondary N) is 1. The first kappa shape index (κ1) is 14.0. The Morgan fingerprint density at radius 3 is 2.64 bits per heavy atom. The van der Waals surface area contributed by atoms with Gasteiger partial charge in [0.05, 0.1) is 30.7 Å². The van der Waals surface area contributed by atoms with Crippen molar-refractivity contribution in [3.05, 3.63) is 24.0 Å². The Hall–Kier alpha value is -1.66. The largest absolute Gasteiger partial charge is 0.370 e. The van der Waals surface area contributed by atoms with Crippen molar-refractivity contribution >= 4 is 11.6 Å². The zero-order valence-electron chi connectivity index (χ0n) is 12.6. The van der Waals surface area contributed by atoms with Gasteiger partial charge in [0.15, 0.2) is 5.79 Å². The molecule has 1 spiro atoms. The number of nitrogens with zero attached hydrogens (tertiary/aromatic N) is 2. The molecular formula is C16H21N3O3. The Morgan fingerprint density at radius 2 is 1.95 bits per heavy atom. The monoisotopic (exact) mass is 303 g/mol. The Balaban J connectivity index is 1.43. The van der Waals surface area contributed by atoms with Gasteiger partial charge < -0.3 is 19.7 Å². The van der Waals surface area contributed by atoms with Crippen LogP contribution in [-0.2, 0) is 9.47 Å². The fourth-order valence-corrected chi connectivity index (χ4v) is 3.11. The summed E-state index contributed by atoms with van der Waals surface area (Å²) >= 11 is 0. The highest BCUT2D eigenvalue weighted by Crippen LogP contribution is 2.33. The van der Waals surface area contributed by atoms with Gasteiger partial charge >= 0.3 is 0 Å². The van der Waals surface area contributed by atoms with Crippen molar-refractivity contribution in [2.24, 2.45) is 0 Å². The molecule has 1 aromatic heterocycles. The van der Waals surface area contributed by atoms with Crippen molar-refractivity contribution in [2.75, 3.05) is 31.2 Å². The van der Waals surface area contributed by atoms with E-state index in [1.807, 2.05) is 12.3 Å². The van der Waals surface area contributed by atoms with Crippen LogP contribution >= 0.6 is 0 Å². The summed E-state index contributed by atoms with van der Waals surface area (Å²) in [7, 11) is 0. The van der Waals surface area contributed by atoms with Crippen molar-refractivity contribution in [1.29, 1.82) is 0 Å². The van der Waals surface area contributed by atoms with Gasteiger partial charge in [-0.3, -0.25) is 9.78 Å². The van der Waals surface area contributed by atoms with Crippen molar-refractivity contribution in [3.8, 4) is 0 Å². The highest BCUT2D eigenvalue weighted by atomic mass is 16.7. The fourth-order valence-electron chi connectivity index (χ4n) is 3.11. The number of carbonyl (C=O) groups is 1. The van der Waals surface area contributed by atoms with Gasteiger partial charge in [-0.05, 0) is 18.9 Å². The molecule has 1 aromatic rings. The summed E-state index contributed by atoms with van der Waals surface area (Å²) in [6.45, 7) is 3.10. The van der Waals surface area contributed by atoms with E-state index in [4.69, 9.17) is 9.47 Å². The first-order chi connectivity index (χ1) is 10.7. The van der Waals surface area contributed by atoms with Crippen molar-refractivity contribution in [2.45, 2.75) is 37.5 Å². The van der Waals surface area contributed by atoms with Gasteiger partial charge in [-0.25, -0.2) is 0 Å². The number of ether oxygens (including phenoxy) is 2. The number of piperidine rings is 1. The number of anilines is 1. The lowest BCUT2D eigenvalue weighted by Crippen LogP contribution is -2.45. The average Bonchev–Trinajstić information content (AvgIpc) is 3.26. The molecule has 1 amide bonds. The van der Waals surface area contributed by atoms with Crippen LogP contribution in [0.15, 0.2) is 18.5 Å².